The van der Waals surface area contributed by atoms with Gasteiger partial charge in [0.05, 0.1) is 27.2 Å². The molecule has 0 amide bonds. The molecule has 3 heteroatoms. The Hall–Kier alpha value is 0.210. The minimum absolute atomic E-state index is 0. The first-order valence-corrected chi connectivity index (χ1v) is 5.55. The van der Waals surface area contributed by atoms with Crippen LogP contribution in [0.5, 0.6) is 0 Å². The quantitative estimate of drug-likeness (QED) is 0.415. The van der Waals surface area contributed by atoms with E-state index in [-0.39, 0.29) is 12.4 Å². The van der Waals surface area contributed by atoms with Crippen LogP contribution >= 0.6 is 0 Å². The van der Waals surface area contributed by atoms with Gasteiger partial charge in [-0.15, -0.1) is 0 Å². The number of aliphatic hydroxyl groups is 1. The van der Waals surface area contributed by atoms with E-state index < -0.39 is 0 Å². The smallest absolute Gasteiger partial charge is 0.0804 e. The normalized spacial score (nSPS) is 11.1. The van der Waals surface area contributed by atoms with Crippen LogP contribution in [0, 0.1) is 0 Å². The zero-order valence-corrected chi connectivity index (χ0v) is 10.7. The highest BCUT2D eigenvalue weighted by Gasteiger charge is 2.12. The van der Waals surface area contributed by atoms with Gasteiger partial charge in [-0.05, 0) is 12.8 Å². The lowest BCUT2D eigenvalue weighted by atomic mass is 10.2. The molecule has 0 aromatic rings. The van der Waals surface area contributed by atoms with Crippen LogP contribution in [0.4, 0.5) is 0 Å². The molecular formula is C11H26ClNO. The van der Waals surface area contributed by atoms with E-state index in [2.05, 4.69) is 21.0 Å². The monoisotopic (exact) mass is 223 g/mol. The van der Waals surface area contributed by atoms with Crippen molar-refractivity contribution in [2.45, 2.75) is 39.0 Å². The summed E-state index contributed by atoms with van der Waals surface area (Å²) in [5.41, 5.74) is 0. The standard InChI is InChI=1S/C11H26NO.ClH/c1-4-5-6-7-9-12(2,3)10-8-11-13;/h13H,4-11H2,1-3H3;1H/q+1;/p-1. The fourth-order valence-electron chi connectivity index (χ4n) is 1.58. The lowest BCUT2D eigenvalue weighted by molar-refractivity contribution is -0.890. The second kappa shape index (κ2) is 9.75. The molecule has 0 aromatic carbocycles. The largest absolute Gasteiger partial charge is 1.00 e. The van der Waals surface area contributed by atoms with Crippen LogP contribution in [0.1, 0.15) is 39.0 Å². The van der Waals surface area contributed by atoms with Crippen LogP contribution < -0.4 is 12.4 Å². The van der Waals surface area contributed by atoms with E-state index in [1.165, 1.54) is 32.2 Å². The lowest BCUT2D eigenvalue weighted by Crippen LogP contribution is -3.00. The molecule has 0 aliphatic heterocycles. The first-order valence-electron chi connectivity index (χ1n) is 5.55. The predicted molar refractivity (Wildman–Crippen MR) is 57.7 cm³/mol. The molecule has 1 N–H and O–H groups in total. The average Bonchev–Trinajstić information content (AvgIpc) is 2.09. The van der Waals surface area contributed by atoms with Crippen LogP contribution in [0.2, 0.25) is 0 Å². The molecule has 0 rings (SSSR count). The molecule has 0 radical (unpaired) electrons. The third-order valence-corrected chi connectivity index (χ3v) is 2.54. The van der Waals surface area contributed by atoms with E-state index in [9.17, 15) is 0 Å². The highest BCUT2D eigenvalue weighted by molar-refractivity contribution is 4.41. The SMILES string of the molecule is CCCCCC[N+](C)(C)CCCO.[Cl-]. The highest BCUT2D eigenvalue weighted by Crippen LogP contribution is 2.05. The Bertz CT molecular complexity index is 118. The van der Waals surface area contributed by atoms with Crippen molar-refractivity contribution in [1.82, 2.24) is 0 Å². The fourth-order valence-corrected chi connectivity index (χ4v) is 1.58. The number of hydrogen-bond donors (Lipinski definition) is 1. The maximum Gasteiger partial charge on any atom is 0.0804 e. The van der Waals surface area contributed by atoms with E-state index in [4.69, 9.17) is 5.11 Å². The van der Waals surface area contributed by atoms with Crippen molar-refractivity contribution in [2.75, 3.05) is 33.8 Å². The molecule has 2 nitrogen and oxygen atoms in total. The zero-order valence-electron chi connectivity index (χ0n) is 9.93. The zero-order chi connectivity index (χ0) is 10.2. The summed E-state index contributed by atoms with van der Waals surface area (Å²) in [5, 5.41) is 8.73. The summed E-state index contributed by atoms with van der Waals surface area (Å²) in [6.45, 7) is 4.92. The average molecular weight is 224 g/mol. The molecule has 0 spiro atoms. The molecule has 0 aliphatic rings. The van der Waals surface area contributed by atoms with E-state index >= 15 is 0 Å². The van der Waals surface area contributed by atoms with E-state index in [0.717, 1.165) is 17.4 Å². The Morgan fingerprint density at radius 1 is 0.929 bits per heavy atom. The first kappa shape index (κ1) is 16.6. The number of hydrogen-bond acceptors (Lipinski definition) is 1. The molecule has 0 bridgehead atoms. The maximum absolute atomic E-state index is 8.73. The van der Waals surface area contributed by atoms with Crippen molar-refractivity contribution in [1.29, 1.82) is 0 Å². The molecule has 14 heavy (non-hydrogen) atoms. The summed E-state index contributed by atoms with van der Waals surface area (Å²) in [6.07, 6.45) is 6.29. The number of quaternary nitrogens is 1. The van der Waals surface area contributed by atoms with Crippen LogP contribution in [0.3, 0.4) is 0 Å². The van der Waals surface area contributed by atoms with Crippen LogP contribution in [0.25, 0.3) is 0 Å². The third kappa shape index (κ3) is 10.3. The van der Waals surface area contributed by atoms with Gasteiger partial charge in [-0.3, -0.25) is 0 Å². The third-order valence-electron chi connectivity index (χ3n) is 2.54. The molecule has 0 saturated heterocycles. The van der Waals surface area contributed by atoms with Crippen LogP contribution in [0.15, 0.2) is 0 Å². The van der Waals surface area contributed by atoms with Crippen molar-refractivity contribution in [2.24, 2.45) is 0 Å². The van der Waals surface area contributed by atoms with E-state index in [1.807, 2.05) is 0 Å². The van der Waals surface area contributed by atoms with Crippen molar-refractivity contribution < 1.29 is 22.0 Å². The van der Waals surface area contributed by atoms with Crippen molar-refractivity contribution in [3.05, 3.63) is 0 Å². The molecule has 0 saturated carbocycles. The highest BCUT2D eigenvalue weighted by atomic mass is 35.5. The van der Waals surface area contributed by atoms with Crippen molar-refractivity contribution in [3.63, 3.8) is 0 Å². The van der Waals surface area contributed by atoms with Gasteiger partial charge < -0.3 is 22.0 Å². The minimum Gasteiger partial charge on any atom is -1.00 e. The summed E-state index contributed by atoms with van der Waals surface area (Å²) in [5.74, 6) is 0. The topological polar surface area (TPSA) is 20.2 Å². The van der Waals surface area contributed by atoms with Gasteiger partial charge in [-0.25, -0.2) is 0 Å². The molecule has 0 heterocycles. The van der Waals surface area contributed by atoms with Gasteiger partial charge in [0.25, 0.3) is 0 Å². The summed E-state index contributed by atoms with van der Waals surface area (Å²) in [7, 11) is 4.50. The molecule has 0 aromatic heterocycles. The maximum atomic E-state index is 8.73. The molecular weight excluding hydrogens is 198 g/mol. The van der Waals surface area contributed by atoms with Gasteiger partial charge >= 0.3 is 0 Å². The number of halogens is 1. The Morgan fingerprint density at radius 3 is 2.00 bits per heavy atom. The minimum atomic E-state index is 0. The second-order valence-corrected chi connectivity index (χ2v) is 4.52. The Labute approximate surface area is 95.3 Å². The molecule has 88 valence electrons. The Kier molecular flexibility index (Phi) is 11.6. The second-order valence-electron chi connectivity index (χ2n) is 4.52. The molecule has 0 aliphatic carbocycles. The van der Waals surface area contributed by atoms with Crippen LogP contribution in [-0.2, 0) is 0 Å². The molecule has 0 fully saturated rings. The van der Waals surface area contributed by atoms with Crippen molar-refractivity contribution >= 4 is 0 Å². The van der Waals surface area contributed by atoms with Gasteiger partial charge in [-0.2, -0.15) is 0 Å². The van der Waals surface area contributed by atoms with Gasteiger partial charge in [0.1, 0.15) is 0 Å². The Morgan fingerprint density at radius 2 is 1.50 bits per heavy atom. The summed E-state index contributed by atoms with van der Waals surface area (Å²) in [6, 6.07) is 0. The van der Waals surface area contributed by atoms with Gasteiger partial charge in [0, 0.05) is 13.0 Å². The van der Waals surface area contributed by atoms with Gasteiger partial charge in [-0.1, -0.05) is 19.8 Å². The van der Waals surface area contributed by atoms with E-state index in [0.29, 0.717) is 6.61 Å². The van der Waals surface area contributed by atoms with Crippen molar-refractivity contribution in [3.8, 4) is 0 Å². The number of unbranched alkanes of at least 4 members (excludes halogenated alkanes) is 3. The number of rotatable bonds is 8. The number of aliphatic hydroxyl groups excluding tert-OH is 1. The van der Waals surface area contributed by atoms with Gasteiger partial charge in [0.15, 0.2) is 0 Å². The van der Waals surface area contributed by atoms with Gasteiger partial charge in [0.2, 0.25) is 0 Å². The molecule has 0 unspecified atom stereocenters. The lowest BCUT2D eigenvalue weighted by Gasteiger charge is -2.29. The number of nitrogens with zero attached hydrogens (tertiary/aromatic N) is 1. The Balaban J connectivity index is 0. The summed E-state index contributed by atoms with van der Waals surface area (Å²) >= 11 is 0. The fraction of sp³-hybridized carbons (Fsp3) is 1.00. The van der Waals surface area contributed by atoms with Crippen LogP contribution in [-0.4, -0.2) is 43.4 Å². The summed E-state index contributed by atoms with van der Waals surface area (Å²) < 4.78 is 1.06. The predicted octanol–water partition coefficient (Wildman–Crippen LogP) is -0.970. The molecule has 0 atom stereocenters. The van der Waals surface area contributed by atoms with E-state index in [1.54, 1.807) is 0 Å². The first-order chi connectivity index (χ1) is 6.12. The summed E-state index contributed by atoms with van der Waals surface area (Å²) in [4.78, 5) is 0.